The van der Waals surface area contributed by atoms with Crippen LogP contribution in [0.4, 0.5) is 0 Å². The third kappa shape index (κ3) is 2.60. The summed E-state index contributed by atoms with van der Waals surface area (Å²) >= 11 is 0. The van der Waals surface area contributed by atoms with Gasteiger partial charge >= 0.3 is 0 Å². The zero-order valence-corrected chi connectivity index (χ0v) is 11.3. The van der Waals surface area contributed by atoms with Crippen LogP contribution < -0.4 is 9.47 Å². The topological polar surface area (TPSA) is 42.2 Å². The van der Waals surface area contributed by atoms with E-state index in [-0.39, 0.29) is 6.10 Å². The molecule has 2 aromatic carbocycles. The highest BCUT2D eigenvalue weighted by Crippen LogP contribution is 2.29. The molecule has 1 atom stereocenters. The third-order valence-electron chi connectivity index (χ3n) is 3.38. The van der Waals surface area contributed by atoms with E-state index in [0.717, 1.165) is 17.9 Å². The predicted molar refractivity (Wildman–Crippen MR) is 76.0 cm³/mol. The van der Waals surface area contributed by atoms with Gasteiger partial charge in [-0.3, -0.25) is 0 Å². The fourth-order valence-corrected chi connectivity index (χ4v) is 2.36. The molecule has 1 unspecified atom stereocenters. The number of hydrogen-bond donors (Lipinski definition) is 0. The summed E-state index contributed by atoms with van der Waals surface area (Å²) in [5.74, 6) is 1.73. The first-order valence-corrected chi connectivity index (χ1v) is 6.64. The number of rotatable bonds is 3. The van der Waals surface area contributed by atoms with E-state index in [2.05, 4.69) is 25.1 Å². The number of fused-ring (bicyclic) bond motifs is 1. The van der Waals surface area contributed by atoms with Crippen molar-refractivity contribution in [2.75, 3.05) is 6.61 Å². The van der Waals surface area contributed by atoms with E-state index >= 15 is 0 Å². The maximum atomic E-state index is 8.74. The van der Waals surface area contributed by atoms with E-state index < -0.39 is 0 Å². The Bertz CT molecular complexity index is 656. The lowest BCUT2D eigenvalue weighted by Crippen LogP contribution is -2.22. The maximum Gasteiger partial charge on any atom is 0.137 e. The molecule has 1 heterocycles. The van der Waals surface area contributed by atoms with Gasteiger partial charge in [-0.05, 0) is 42.8 Å². The summed E-state index contributed by atoms with van der Waals surface area (Å²) < 4.78 is 11.6. The van der Waals surface area contributed by atoms with Crippen molar-refractivity contribution in [3.05, 3.63) is 59.2 Å². The molecule has 0 aromatic heterocycles. The van der Waals surface area contributed by atoms with E-state index in [0.29, 0.717) is 12.2 Å². The SMILES string of the molecule is Cc1ccc2c(c1)CC(COc1ccc(C#N)cc1)O2. The second kappa shape index (κ2) is 5.26. The maximum absolute atomic E-state index is 8.74. The van der Waals surface area contributed by atoms with E-state index in [9.17, 15) is 0 Å². The van der Waals surface area contributed by atoms with Crippen molar-refractivity contribution < 1.29 is 9.47 Å². The van der Waals surface area contributed by atoms with Gasteiger partial charge in [0.1, 0.15) is 24.2 Å². The number of nitrogens with zero attached hydrogens (tertiary/aromatic N) is 1. The Morgan fingerprint density at radius 2 is 2.05 bits per heavy atom. The molecule has 2 aromatic rings. The van der Waals surface area contributed by atoms with Gasteiger partial charge in [-0.25, -0.2) is 0 Å². The second-order valence-electron chi connectivity index (χ2n) is 5.00. The van der Waals surface area contributed by atoms with Crippen molar-refractivity contribution in [1.29, 1.82) is 5.26 Å². The van der Waals surface area contributed by atoms with E-state index in [1.54, 1.807) is 12.1 Å². The first kappa shape index (κ1) is 12.6. The zero-order valence-electron chi connectivity index (χ0n) is 11.3. The molecule has 3 heteroatoms. The van der Waals surface area contributed by atoms with Crippen LogP contribution in [0.5, 0.6) is 11.5 Å². The summed E-state index contributed by atoms with van der Waals surface area (Å²) in [4.78, 5) is 0. The van der Waals surface area contributed by atoms with Crippen LogP contribution in [0.15, 0.2) is 42.5 Å². The van der Waals surface area contributed by atoms with Gasteiger partial charge in [-0.15, -0.1) is 0 Å². The van der Waals surface area contributed by atoms with Crippen molar-refractivity contribution in [1.82, 2.24) is 0 Å². The highest BCUT2D eigenvalue weighted by molar-refractivity contribution is 5.40. The lowest BCUT2D eigenvalue weighted by molar-refractivity contribution is 0.148. The zero-order chi connectivity index (χ0) is 13.9. The minimum Gasteiger partial charge on any atom is -0.490 e. The van der Waals surface area contributed by atoms with Gasteiger partial charge in [0.2, 0.25) is 0 Å². The average Bonchev–Trinajstić information content (AvgIpc) is 2.87. The predicted octanol–water partition coefficient (Wildman–Crippen LogP) is 3.25. The highest BCUT2D eigenvalue weighted by atomic mass is 16.5. The van der Waals surface area contributed by atoms with Gasteiger partial charge in [0, 0.05) is 6.42 Å². The largest absolute Gasteiger partial charge is 0.490 e. The van der Waals surface area contributed by atoms with E-state index in [4.69, 9.17) is 14.7 Å². The quantitative estimate of drug-likeness (QED) is 0.855. The molecule has 0 N–H and O–H groups in total. The van der Waals surface area contributed by atoms with Crippen molar-refractivity contribution in [3.8, 4) is 17.6 Å². The van der Waals surface area contributed by atoms with Crippen molar-refractivity contribution in [3.63, 3.8) is 0 Å². The molecule has 0 aliphatic carbocycles. The smallest absolute Gasteiger partial charge is 0.137 e. The molecule has 0 saturated heterocycles. The van der Waals surface area contributed by atoms with Crippen LogP contribution in [0.1, 0.15) is 16.7 Å². The first-order valence-electron chi connectivity index (χ1n) is 6.64. The summed E-state index contributed by atoms with van der Waals surface area (Å²) in [6, 6.07) is 15.5. The van der Waals surface area contributed by atoms with Gasteiger partial charge in [0.05, 0.1) is 11.6 Å². The molecule has 0 fully saturated rings. The summed E-state index contributed by atoms with van der Waals surface area (Å²) in [5, 5.41) is 8.74. The van der Waals surface area contributed by atoms with Crippen LogP contribution in [0.2, 0.25) is 0 Å². The lowest BCUT2D eigenvalue weighted by Gasteiger charge is -2.12. The fourth-order valence-electron chi connectivity index (χ4n) is 2.36. The second-order valence-corrected chi connectivity index (χ2v) is 5.00. The number of nitriles is 1. The standard InChI is InChI=1S/C17H15NO2/c1-12-2-7-17-14(8-12)9-16(20-17)11-19-15-5-3-13(10-18)4-6-15/h2-8,16H,9,11H2,1H3. The Kier molecular flexibility index (Phi) is 3.30. The lowest BCUT2D eigenvalue weighted by atomic mass is 10.1. The summed E-state index contributed by atoms with van der Waals surface area (Å²) in [6.45, 7) is 2.60. The monoisotopic (exact) mass is 265 g/mol. The summed E-state index contributed by atoms with van der Waals surface area (Å²) in [7, 11) is 0. The Morgan fingerprint density at radius 1 is 1.25 bits per heavy atom. The molecule has 0 bridgehead atoms. The van der Waals surface area contributed by atoms with Gasteiger partial charge in [0.15, 0.2) is 0 Å². The van der Waals surface area contributed by atoms with E-state index in [1.807, 2.05) is 18.2 Å². The third-order valence-corrected chi connectivity index (χ3v) is 3.38. The normalized spacial score (nSPS) is 16.1. The van der Waals surface area contributed by atoms with Gasteiger partial charge < -0.3 is 9.47 Å². The average molecular weight is 265 g/mol. The van der Waals surface area contributed by atoms with Crippen molar-refractivity contribution >= 4 is 0 Å². The van der Waals surface area contributed by atoms with Crippen LogP contribution in [-0.2, 0) is 6.42 Å². The molecular formula is C17H15NO2. The fraction of sp³-hybridized carbons (Fsp3) is 0.235. The van der Waals surface area contributed by atoms with Crippen molar-refractivity contribution in [2.24, 2.45) is 0 Å². The van der Waals surface area contributed by atoms with Crippen LogP contribution in [0, 0.1) is 18.3 Å². The van der Waals surface area contributed by atoms with Gasteiger partial charge in [-0.1, -0.05) is 17.7 Å². The molecule has 3 rings (SSSR count). The highest BCUT2D eigenvalue weighted by Gasteiger charge is 2.23. The summed E-state index contributed by atoms with van der Waals surface area (Å²) in [6.07, 6.45) is 0.940. The molecule has 0 radical (unpaired) electrons. The van der Waals surface area contributed by atoms with Crippen LogP contribution in [0.25, 0.3) is 0 Å². The Labute approximate surface area is 118 Å². The first-order chi connectivity index (χ1) is 9.74. The number of aryl methyl sites for hydroxylation is 1. The summed E-state index contributed by atoms with van der Waals surface area (Å²) in [5.41, 5.74) is 3.14. The minimum atomic E-state index is 0.0578. The molecule has 20 heavy (non-hydrogen) atoms. The van der Waals surface area contributed by atoms with Gasteiger partial charge in [0.25, 0.3) is 0 Å². The number of ether oxygens (including phenoxy) is 2. The minimum absolute atomic E-state index is 0.0578. The van der Waals surface area contributed by atoms with Gasteiger partial charge in [-0.2, -0.15) is 5.26 Å². The molecule has 1 aliphatic rings. The number of hydrogen-bond acceptors (Lipinski definition) is 3. The Balaban J connectivity index is 1.59. The number of benzene rings is 2. The molecule has 0 spiro atoms. The van der Waals surface area contributed by atoms with Crippen LogP contribution in [-0.4, -0.2) is 12.7 Å². The Hall–Kier alpha value is -2.47. The molecule has 1 aliphatic heterocycles. The van der Waals surface area contributed by atoms with Crippen molar-refractivity contribution in [2.45, 2.75) is 19.4 Å². The molecule has 0 saturated carbocycles. The van der Waals surface area contributed by atoms with Crippen LogP contribution in [0.3, 0.4) is 0 Å². The molecule has 100 valence electrons. The van der Waals surface area contributed by atoms with E-state index in [1.165, 1.54) is 11.1 Å². The Morgan fingerprint density at radius 3 is 2.80 bits per heavy atom. The molecule has 0 amide bonds. The van der Waals surface area contributed by atoms with Crippen LogP contribution >= 0.6 is 0 Å². The molecule has 3 nitrogen and oxygen atoms in total. The molecular weight excluding hydrogens is 250 g/mol.